The first kappa shape index (κ1) is 13.8. The van der Waals surface area contributed by atoms with Crippen molar-refractivity contribution in [1.82, 2.24) is 5.32 Å². The Morgan fingerprint density at radius 2 is 2.13 bits per heavy atom. The predicted octanol–water partition coefficient (Wildman–Crippen LogP) is 1.28. The number of carbonyl (C=O) groups is 1. The van der Waals surface area contributed by atoms with Gasteiger partial charge in [0.2, 0.25) is 0 Å². The molecule has 1 amide bonds. The van der Waals surface area contributed by atoms with Gasteiger partial charge in [0.15, 0.2) is 0 Å². The van der Waals surface area contributed by atoms with Gasteiger partial charge in [0.25, 0.3) is 0 Å². The Balaban J connectivity index is 4.03. The van der Waals surface area contributed by atoms with Crippen LogP contribution in [0.5, 0.6) is 0 Å². The van der Waals surface area contributed by atoms with Crippen molar-refractivity contribution in [1.29, 1.82) is 0 Å². The Kier molecular flexibility index (Phi) is 5.16. The molecule has 2 N–H and O–H groups in total. The van der Waals surface area contributed by atoms with Crippen molar-refractivity contribution in [2.75, 3.05) is 0 Å². The normalized spacial score (nSPS) is 14.9. The molecule has 0 spiro atoms. The number of terminal acetylenes is 1. The van der Waals surface area contributed by atoms with Crippen LogP contribution in [-0.2, 0) is 4.74 Å². The first-order chi connectivity index (χ1) is 6.76. The van der Waals surface area contributed by atoms with Gasteiger partial charge in [-0.1, -0.05) is 0 Å². The summed E-state index contributed by atoms with van der Waals surface area (Å²) in [4.78, 5) is 11.3. The minimum atomic E-state index is -0.748. The van der Waals surface area contributed by atoms with E-state index in [0.29, 0.717) is 0 Å². The third-order valence-electron chi connectivity index (χ3n) is 1.65. The monoisotopic (exact) mass is 213 g/mol. The Bertz CT molecular complexity index is 250. The molecule has 0 bridgehead atoms. The van der Waals surface area contributed by atoms with Gasteiger partial charge in [-0.25, -0.2) is 4.79 Å². The molecule has 0 fully saturated rings. The fourth-order valence-corrected chi connectivity index (χ4v) is 0.887. The molecule has 0 heterocycles. The number of nitrogens with one attached hydrogen (secondary N) is 1. The van der Waals surface area contributed by atoms with Crippen molar-refractivity contribution in [3.05, 3.63) is 0 Å². The molecular weight excluding hydrogens is 194 g/mol. The molecule has 0 aromatic carbocycles. The molecule has 15 heavy (non-hydrogen) atoms. The van der Waals surface area contributed by atoms with Gasteiger partial charge in [-0.2, -0.15) is 0 Å². The van der Waals surface area contributed by atoms with E-state index in [1.54, 1.807) is 27.7 Å². The Morgan fingerprint density at radius 1 is 1.60 bits per heavy atom. The smallest absolute Gasteiger partial charge is 0.407 e. The highest BCUT2D eigenvalue weighted by molar-refractivity contribution is 5.68. The molecule has 0 aliphatic rings. The molecule has 0 aliphatic heterocycles. The Morgan fingerprint density at radius 3 is 2.53 bits per heavy atom. The topological polar surface area (TPSA) is 58.6 Å². The quantitative estimate of drug-likeness (QED) is 0.694. The number of carbonyl (C=O) groups excluding carboxylic acids is 1. The highest BCUT2D eigenvalue weighted by Crippen LogP contribution is 2.07. The van der Waals surface area contributed by atoms with Crippen molar-refractivity contribution in [3.63, 3.8) is 0 Å². The van der Waals surface area contributed by atoms with Crippen LogP contribution in [0.1, 0.15) is 34.1 Å². The van der Waals surface area contributed by atoms with E-state index in [9.17, 15) is 9.90 Å². The first-order valence-corrected chi connectivity index (χ1v) is 4.87. The SMILES string of the molecule is C#CCC(O)C(C)NC(=O)OC(C)(C)C. The third-order valence-corrected chi connectivity index (χ3v) is 1.65. The predicted molar refractivity (Wildman–Crippen MR) is 58.3 cm³/mol. The maximum absolute atomic E-state index is 11.3. The Labute approximate surface area is 91.0 Å². The van der Waals surface area contributed by atoms with Crippen molar-refractivity contribution >= 4 is 6.09 Å². The van der Waals surface area contributed by atoms with Gasteiger partial charge in [-0.05, 0) is 27.7 Å². The summed E-state index contributed by atoms with van der Waals surface area (Å²) < 4.78 is 5.02. The molecule has 0 saturated heterocycles. The van der Waals surface area contributed by atoms with Crippen LogP contribution in [0.15, 0.2) is 0 Å². The average Bonchev–Trinajstić information content (AvgIpc) is 2.00. The standard InChI is InChI=1S/C11H19NO3/c1-6-7-9(13)8(2)12-10(14)15-11(3,4)5/h1,8-9,13H,7H2,2-5H3,(H,12,14). The Hall–Kier alpha value is -1.21. The second-order valence-corrected chi connectivity index (χ2v) is 4.41. The molecule has 2 unspecified atom stereocenters. The van der Waals surface area contributed by atoms with Crippen LogP contribution in [0.3, 0.4) is 0 Å². The summed E-state index contributed by atoms with van der Waals surface area (Å²) in [5, 5.41) is 12.0. The van der Waals surface area contributed by atoms with Gasteiger partial charge < -0.3 is 15.2 Å². The van der Waals surface area contributed by atoms with Gasteiger partial charge >= 0.3 is 6.09 Å². The molecule has 0 rings (SSSR count). The molecule has 0 aromatic heterocycles. The van der Waals surface area contributed by atoms with Gasteiger partial charge in [-0.3, -0.25) is 0 Å². The number of hydrogen-bond donors (Lipinski definition) is 2. The first-order valence-electron chi connectivity index (χ1n) is 4.87. The number of alkyl carbamates (subject to hydrolysis) is 1. The summed E-state index contributed by atoms with van der Waals surface area (Å²) in [5.41, 5.74) is -0.541. The van der Waals surface area contributed by atoms with Crippen LogP contribution >= 0.6 is 0 Å². The highest BCUT2D eigenvalue weighted by atomic mass is 16.6. The molecule has 0 aliphatic carbocycles. The highest BCUT2D eigenvalue weighted by Gasteiger charge is 2.20. The summed E-state index contributed by atoms with van der Waals surface area (Å²) in [7, 11) is 0. The van der Waals surface area contributed by atoms with Crippen LogP contribution in [0.2, 0.25) is 0 Å². The van der Waals surface area contributed by atoms with E-state index in [1.165, 1.54) is 0 Å². The summed E-state index contributed by atoms with van der Waals surface area (Å²) in [6, 6.07) is -0.420. The number of hydrogen-bond acceptors (Lipinski definition) is 3. The second-order valence-electron chi connectivity index (χ2n) is 4.41. The number of aliphatic hydroxyl groups excluding tert-OH is 1. The lowest BCUT2D eigenvalue weighted by Gasteiger charge is -2.23. The van der Waals surface area contributed by atoms with Gasteiger partial charge in [0.05, 0.1) is 12.1 Å². The molecule has 0 radical (unpaired) electrons. The number of amides is 1. The lowest BCUT2D eigenvalue weighted by atomic mass is 10.1. The van der Waals surface area contributed by atoms with Crippen LogP contribution in [0.25, 0.3) is 0 Å². The zero-order chi connectivity index (χ0) is 12.1. The van der Waals surface area contributed by atoms with Gasteiger partial charge in [0, 0.05) is 6.42 Å². The van der Waals surface area contributed by atoms with Gasteiger partial charge in [0.1, 0.15) is 5.60 Å². The van der Waals surface area contributed by atoms with E-state index in [1.807, 2.05) is 0 Å². The summed E-state index contributed by atoms with van der Waals surface area (Å²) >= 11 is 0. The summed E-state index contributed by atoms with van der Waals surface area (Å²) in [6.45, 7) is 6.99. The molecule has 2 atom stereocenters. The molecule has 86 valence electrons. The summed E-state index contributed by atoms with van der Waals surface area (Å²) in [5.74, 6) is 2.33. The van der Waals surface area contributed by atoms with Crippen LogP contribution in [-0.4, -0.2) is 28.9 Å². The minimum absolute atomic E-state index is 0.205. The second kappa shape index (κ2) is 5.62. The number of aliphatic hydroxyl groups is 1. The van der Waals surface area contributed by atoms with E-state index in [4.69, 9.17) is 11.2 Å². The zero-order valence-corrected chi connectivity index (χ0v) is 9.70. The summed E-state index contributed by atoms with van der Waals surface area (Å²) in [6.07, 6.45) is 3.95. The maximum atomic E-state index is 11.3. The third kappa shape index (κ3) is 6.81. The van der Waals surface area contributed by atoms with Crippen LogP contribution < -0.4 is 5.32 Å². The van der Waals surface area contributed by atoms with Crippen LogP contribution in [0, 0.1) is 12.3 Å². The lowest BCUT2D eigenvalue weighted by Crippen LogP contribution is -2.43. The number of rotatable bonds is 3. The van der Waals surface area contributed by atoms with Crippen LogP contribution in [0.4, 0.5) is 4.79 Å². The molecular formula is C11H19NO3. The van der Waals surface area contributed by atoms with Gasteiger partial charge in [-0.15, -0.1) is 12.3 Å². The largest absolute Gasteiger partial charge is 0.444 e. The number of ether oxygens (including phenoxy) is 1. The average molecular weight is 213 g/mol. The van der Waals surface area contributed by atoms with Crippen molar-refractivity contribution in [2.24, 2.45) is 0 Å². The molecule has 0 saturated carbocycles. The maximum Gasteiger partial charge on any atom is 0.407 e. The van der Waals surface area contributed by atoms with E-state index < -0.39 is 23.8 Å². The van der Waals surface area contributed by atoms with E-state index in [2.05, 4.69) is 11.2 Å². The van der Waals surface area contributed by atoms with Crippen molar-refractivity contribution < 1.29 is 14.6 Å². The lowest BCUT2D eigenvalue weighted by molar-refractivity contribution is 0.0440. The zero-order valence-electron chi connectivity index (χ0n) is 9.70. The van der Waals surface area contributed by atoms with E-state index in [0.717, 1.165) is 0 Å². The molecule has 4 heteroatoms. The van der Waals surface area contributed by atoms with Crippen molar-refractivity contribution in [2.45, 2.75) is 51.9 Å². The minimum Gasteiger partial charge on any atom is -0.444 e. The molecule has 4 nitrogen and oxygen atoms in total. The molecule has 0 aromatic rings. The van der Waals surface area contributed by atoms with E-state index in [-0.39, 0.29) is 6.42 Å². The van der Waals surface area contributed by atoms with E-state index >= 15 is 0 Å². The fourth-order valence-electron chi connectivity index (χ4n) is 0.887. The van der Waals surface area contributed by atoms with Crippen molar-refractivity contribution in [3.8, 4) is 12.3 Å². The fraction of sp³-hybridized carbons (Fsp3) is 0.727.